The molecular weight excluding hydrogens is 274 g/mol. The number of fused-ring (bicyclic) bond motifs is 1. The van der Waals surface area contributed by atoms with E-state index >= 15 is 0 Å². The van der Waals surface area contributed by atoms with Gasteiger partial charge in [0.2, 0.25) is 0 Å². The summed E-state index contributed by atoms with van der Waals surface area (Å²) in [6, 6.07) is 8.19. The Morgan fingerprint density at radius 1 is 1.09 bits per heavy atom. The summed E-state index contributed by atoms with van der Waals surface area (Å²) in [5, 5.41) is 0. The Morgan fingerprint density at radius 3 is 2.68 bits per heavy atom. The van der Waals surface area contributed by atoms with E-state index < -0.39 is 0 Å². The number of aromatic amines is 1. The van der Waals surface area contributed by atoms with E-state index in [1.165, 1.54) is 5.56 Å². The molecule has 3 heterocycles. The Bertz CT molecular complexity index is 907. The summed E-state index contributed by atoms with van der Waals surface area (Å²) in [5.74, 6) is 0.870. The van der Waals surface area contributed by atoms with Crippen molar-refractivity contribution in [1.82, 2.24) is 24.5 Å². The second-order valence-electron chi connectivity index (χ2n) is 5.15. The minimum atomic E-state index is 0.870. The molecule has 4 rings (SSSR count). The van der Waals surface area contributed by atoms with Gasteiger partial charge in [-0.25, -0.2) is 9.97 Å². The highest BCUT2D eigenvalue weighted by molar-refractivity contribution is 5.84. The third kappa shape index (κ3) is 2.07. The van der Waals surface area contributed by atoms with Crippen LogP contribution in [-0.2, 0) is 6.42 Å². The second-order valence-corrected chi connectivity index (χ2v) is 5.15. The van der Waals surface area contributed by atoms with Crippen LogP contribution in [0.25, 0.3) is 28.1 Å². The molecule has 1 N–H and O–H groups in total. The van der Waals surface area contributed by atoms with Crippen molar-refractivity contribution in [2.24, 2.45) is 0 Å². The predicted molar refractivity (Wildman–Crippen MR) is 85.8 cm³/mol. The number of hydrogen-bond acceptors (Lipinski definition) is 3. The topological polar surface area (TPSA) is 59.4 Å². The van der Waals surface area contributed by atoms with Gasteiger partial charge in [-0.05, 0) is 36.2 Å². The zero-order valence-corrected chi connectivity index (χ0v) is 12.2. The quantitative estimate of drug-likeness (QED) is 0.629. The number of nitrogens with one attached hydrogen (secondary N) is 1. The van der Waals surface area contributed by atoms with E-state index in [1.54, 1.807) is 24.9 Å². The van der Waals surface area contributed by atoms with Crippen LogP contribution in [0, 0.1) is 0 Å². The van der Waals surface area contributed by atoms with Gasteiger partial charge in [0.05, 0.1) is 17.4 Å². The molecule has 5 nitrogen and oxygen atoms in total. The standard InChI is InChI=1S/C17H15N5/c1-2-12-9-14(22-8-7-19-11-22)10-15-16(12)21-17(20-15)13-3-5-18-6-4-13/h3-11H,2H2,1H3,(H,20,21). The molecule has 0 saturated heterocycles. The van der Waals surface area contributed by atoms with Gasteiger partial charge in [-0.3, -0.25) is 4.98 Å². The van der Waals surface area contributed by atoms with Crippen LogP contribution >= 0.6 is 0 Å². The number of nitrogens with zero attached hydrogens (tertiary/aromatic N) is 4. The van der Waals surface area contributed by atoms with Gasteiger partial charge < -0.3 is 9.55 Å². The number of aromatic nitrogens is 5. The molecule has 0 aliphatic rings. The molecule has 108 valence electrons. The van der Waals surface area contributed by atoms with E-state index in [4.69, 9.17) is 4.98 Å². The number of H-pyrrole nitrogens is 1. The second kappa shape index (κ2) is 5.11. The summed E-state index contributed by atoms with van der Waals surface area (Å²) in [5.41, 5.74) is 5.41. The average Bonchev–Trinajstić information content (AvgIpc) is 3.24. The smallest absolute Gasteiger partial charge is 0.138 e. The predicted octanol–water partition coefficient (Wildman–Crippen LogP) is 3.37. The van der Waals surface area contributed by atoms with Crippen molar-refractivity contribution >= 4 is 11.0 Å². The van der Waals surface area contributed by atoms with Crippen molar-refractivity contribution in [1.29, 1.82) is 0 Å². The first-order chi connectivity index (χ1) is 10.8. The molecule has 0 spiro atoms. The number of hydrogen-bond donors (Lipinski definition) is 1. The Hall–Kier alpha value is -2.95. The molecule has 0 aliphatic carbocycles. The lowest BCUT2D eigenvalue weighted by Crippen LogP contribution is -1.93. The van der Waals surface area contributed by atoms with Gasteiger partial charge in [0.15, 0.2) is 0 Å². The molecule has 0 fully saturated rings. The van der Waals surface area contributed by atoms with Gasteiger partial charge in [-0.1, -0.05) is 6.92 Å². The van der Waals surface area contributed by atoms with Crippen molar-refractivity contribution in [3.63, 3.8) is 0 Å². The molecule has 1 aromatic carbocycles. The fourth-order valence-electron chi connectivity index (χ4n) is 2.65. The molecule has 22 heavy (non-hydrogen) atoms. The Kier molecular flexibility index (Phi) is 2.96. The zero-order chi connectivity index (χ0) is 14.9. The van der Waals surface area contributed by atoms with Gasteiger partial charge in [-0.2, -0.15) is 0 Å². The fourth-order valence-corrected chi connectivity index (χ4v) is 2.65. The van der Waals surface area contributed by atoms with Gasteiger partial charge >= 0.3 is 0 Å². The van der Waals surface area contributed by atoms with Gasteiger partial charge in [0.1, 0.15) is 5.82 Å². The summed E-state index contributed by atoms with van der Waals surface area (Å²) in [6.07, 6.45) is 10.0. The molecule has 0 amide bonds. The molecule has 4 aromatic rings. The van der Waals surface area contributed by atoms with E-state index in [1.807, 2.05) is 22.9 Å². The van der Waals surface area contributed by atoms with Crippen LogP contribution < -0.4 is 0 Å². The van der Waals surface area contributed by atoms with E-state index in [-0.39, 0.29) is 0 Å². The highest BCUT2D eigenvalue weighted by atomic mass is 15.0. The van der Waals surface area contributed by atoms with Crippen LogP contribution in [0.5, 0.6) is 0 Å². The highest BCUT2D eigenvalue weighted by Gasteiger charge is 2.10. The summed E-state index contributed by atoms with van der Waals surface area (Å²) >= 11 is 0. The van der Waals surface area contributed by atoms with Crippen LogP contribution in [0.4, 0.5) is 0 Å². The molecule has 0 aliphatic heterocycles. The van der Waals surface area contributed by atoms with Crippen LogP contribution in [0.3, 0.4) is 0 Å². The van der Waals surface area contributed by atoms with Gasteiger partial charge in [0, 0.05) is 36.0 Å². The van der Waals surface area contributed by atoms with Crippen molar-refractivity contribution in [2.45, 2.75) is 13.3 Å². The maximum atomic E-state index is 4.77. The van der Waals surface area contributed by atoms with Crippen LogP contribution in [0.1, 0.15) is 12.5 Å². The molecule has 0 atom stereocenters. The SMILES string of the molecule is CCc1cc(-n2ccnc2)cc2[nH]c(-c3ccncc3)nc12. The summed E-state index contributed by atoms with van der Waals surface area (Å²) in [6.45, 7) is 2.15. The van der Waals surface area contributed by atoms with Crippen molar-refractivity contribution < 1.29 is 0 Å². The van der Waals surface area contributed by atoms with Crippen molar-refractivity contribution in [2.75, 3.05) is 0 Å². The molecule has 0 bridgehead atoms. The first-order valence-electron chi connectivity index (χ1n) is 7.26. The lowest BCUT2D eigenvalue weighted by molar-refractivity contribution is 1.04. The maximum absolute atomic E-state index is 4.77. The van der Waals surface area contributed by atoms with Crippen LogP contribution in [0.15, 0.2) is 55.4 Å². The summed E-state index contributed by atoms with van der Waals surface area (Å²) < 4.78 is 2.01. The van der Waals surface area contributed by atoms with E-state index in [0.29, 0.717) is 0 Å². The summed E-state index contributed by atoms with van der Waals surface area (Å²) in [4.78, 5) is 16.4. The molecule has 0 saturated carbocycles. The Morgan fingerprint density at radius 2 is 1.95 bits per heavy atom. The van der Waals surface area contributed by atoms with Crippen molar-refractivity contribution in [3.8, 4) is 17.1 Å². The highest BCUT2D eigenvalue weighted by Crippen LogP contribution is 2.25. The maximum Gasteiger partial charge on any atom is 0.138 e. The number of aryl methyl sites for hydroxylation is 1. The number of rotatable bonds is 3. The lowest BCUT2D eigenvalue weighted by atomic mass is 10.1. The zero-order valence-electron chi connectivity index (χ0n) is 12.2. The summed E-state index contributed by atoms with van der Waals surface area (Å²) in [7, 11) is 0. The van der Waals surface area contributed by atoms with Gasteiger partial charge in [0.25, 0.3) is 0 Å². The monoisotopic (exact) mass is 289 g/mol. The third-order valence-electron chi connectivity index (χ3n) is 3.79. The molecule has 3 aromatic heterocycles. The lowest BCUT2D eigenvalue weighted by Gasteiger charge is -2.05. The first-order valence-corrected chi connectivity index (χ1v) is 7.26. The first kappa shape index (κ1) is 12.8. The number of pyridine rings is 1. The van der Waals surface area contributed by atoms with Crippen LogP contribution in [0.2, 0.25) is 0 Å². The minimum absolute atomic E-state index is 0.870. The minimum Gasteiger partial charge on any atom is -0.338 e. The van der Waals surface area contributed by atoms with E-state index in [2.05, 4.69) is 34.0 Å². The van der Waals surface area contributed by atoms with E-state index in [9.17, 15) is 0 Å². The molecule has 0 radical (unpaired) electrons. The third-order valence-corrected chi connectivity index (χ3v) is 3.79. The van der Waals surface area contributed by atoms with Crippen molar-refractivity contribution in [3.05, 3.63) is 60.9 Å². The largest absolute Gasteiger partial charge is 0.338 e. The Balaban J connectivity index is 1.92. The molecule has 0 unspecified atom stereocenters. The molecule has 5 heteroatoms. The van der Waals surface area contributed by atoms with Crippen LogP contribution in [-0.4, -0.2) is 24.5 Å². The van der Waals surface area contributed by atoms with E-state index in [0.717, 1.165) is 34.5 Å². The average molecular weight is 289 g/mol. The fraction of sp³-hybridized carbons (Fsp3) is 0.118. The number of benzene rings is 1. The Labute approximate surface area is 127 Å². The number of imidazole rings is 2. The normalized spacial score (nSPS) is 11.1. The molecular formula is C17H15N5. The van der Waals surface area contributed by atoms with Gasteiger partial charge in [-0.15, -0.1) is 0 Å².